The molecule has 23 heavy (non-hydrogen) atoms. The zero-order valence-corrected chi connectivity index (χ0v) is 12.9. The number of hydrogen-bond acceptors (Lipinski definition) is 3. The number of nitrogens with one attached hydrogen (secondary N) is 1. The summed E-state index contributed by atoms with van der Waals surface area (Å²) in [7, 11) is 0. The first-order valence-electron chi connectivity index (χ1n) is 7.79. The van der Waals surface area contributed by atoms with Crippen molar-refractivity contribution >= 4 is 11.8 Å². The third-order valence-electron chi connectivity index (χ3n) is 4.37. The predicted molar refractivity (Wildman–Crippen MR) is 85.8 cm³/mol. The van der Waals surface area contributed by atoms with Crippen molar-refractivity contribution in [3.63, 3.8) is 0 Å². The molecule has 0 saturated carbocycles. The second-order valence-corrected chi connectivity index (χ2v) is 5.90. The third kappa shape index (κ3) is 3.59. The summed E-state index contributed by atoms with van der Waals surface area (Å²) in [5, 5.41) is 6.96. The van der Waals surface area contributed by atoms with E-state index in [1.165, 1.54) is 0 Å². The number of likely N-dealkylation sites (tertiary alicyclic amines) is 1. The Balaban J connectivity index is 1.51. The maximum atomic E-state index is 12.3. The lowest BCUT2D eigenvalue weighted by Gasteiger charge is -2.16. The molecule has 1 aliphatic heterocycles. The van der Waals surface area contributed by atoms with E-state index >= 15 is 0 Å². The molecule has 2 aromatic rings. The normalized spacial score (nSPS) is 17.4. The highest BCUT2D eigenvalue weighted by Gasteiger charge is 2.27. The standard InChI is InChI=1S/C17H20N4O2/c18-17(23)13-4-1-12(2-5-13)3-6-16(22)21-10-8-14(11-21)15-7-9-19-20-15/h1-2,4-5,7,9,14H,3,6,8,10-11H2,(H2,18,23)(H,19,20). The first kappa shape index (κ1) is 15.3. The number of rotatable bonds is 5. The summed E-state index contributed by atoms with van der Waals surface area (Å²) in [6, 6.07) is 9.08. The number of nitrogens with two attached hydrogens (primary N) is 1. The minimum absolute atomic E-state index is 0.172. The van der Waals surface area contributed by atoms with Gasteiger partial charge in [0, 0.05) is 42.9 Å². The number of amides is 2. The maximum absolute atomic E-state index is 12.3. The first-order valence-corrected chi connectivity index (χ1v) is 7.79. The Bertz CT molecular complexity index is 679. The molecule has 6 heteroatoms. The van der Waals surface area contributed by atoms with Gasteiger partial charge in [-0.15, -0.1) is 0 Å². The van der Waals surface area contributed by atoms with E-state index in [4.69, 9.17) is 5.73 Å². The summed E-state index contributed by atoms with van der Waals surface area (Å²) < 4.78 is 0. The van der Waals surface area contributed by atoms with E-state index in [1.54, 1.807) is 18.3 Å². The minimum atomic E-state index is -0.436. The lowest BCUT2D eigenvalue weighted by atomic mass is 10.1. The Hall–Kier alpha value is -2.63. The molecule has 1 unspecified atom stereocenters. The van der Waals surface area contributed by atoms with Crippen LogP contribution >= 0.6 is 0 Å². The molecule has 120 valence electrons. The van der Waals surface area contributed by atoms with E-state index in [2.05, 4.69) is 10.2 Å². The second-order valence-electron chi connectivity index (χ2n) is 5.90. The number of carbonyl (C=O) groups is 2. The molecule has 1 atom stereocenters. The molecular weight excluding hydrogens is 292 g/mol. The molecule has 3 N–H and O–H groups in total. The van der Waals surface area contributed by atoms with Crippen molar-refractivity contribution in [1.82, 2.24) is 15.1 Å². The van der Waals surface area contributed by atoms with Crippen molar-refractivity contribution in [1.29, 1.82) is 0 Å². The smallest absolute Gasteiger partial charge is 0.248 e. The number of carbonyl (C=O) groups excluding carboxylic acids is 2. The van der Waals surface area contributed by atoms with E-state index in [0.29, 0.717) is 24.3 Å². The second kappa shape index (κ2) is 6.64. The van der Waals surface area contributed by atoms with E-state index in [9.17, 15) is 9.59 Å². The van der Waals surface area contributed by atoms with E-state index in [1.807, 2.05) is 23.1 Å². The van der Waals surface area contributed by atoms with Crippen LogP contribution < -0.4 is 5.73 Å². The number of aromatic nitrogens is 2. The molecule has 1 aromatic heterocycles. The van der Waals surface area contributed by atoms with Crippen LogP contribution in [-0.2, 0) is 11.2 Å². The van der Waals surface area contributed by atoms with Gasteiger partial charge in [-0.25, -0.2) is 0 Å². The Morgan fingerprint density at radius 2 is 2.04 bits per heavy atom. The summed E-state index contributed by atoms with van der Waals surface area (Å²) in [5.41, 5.74) is 7.84. The SMILES string of the molecule is NC(=O)c1ccc(CCC(=O)N2CCC(c3ccn[nH]3)C2)cc1. The summed E-state index contributed by atoms with van der Waals surface area (Å²) in [5.74, 6) is 0.0943. The molecule has 1 aromatic carbocycles. The van der Waals surface area contributed by atoms with Crippen molar-refractivity contribution in [3.05, 3.63) is 53.3 Å². The van der Waals surface area contributed by atoms with Gasteiger partial charge in [0.2, 0.25) is 11.8 Å². The first-order chi connectivity index (χ1) is 11.1. The highest BCUT2D eigenvalue weighted by Crippen LogP contribution is 2.26. The van der Waals surface area contributed by atoms with Gasteiger partial charge in [-0.05, 0) is 36.6 Å². The van der Waals surface area contributed by atoms with Crippen LogP contribution in [-0.4, -0.2) is 40.0 Å². The Labute approximate surface area is 134 Å². The van der Waals surface area contributed by atoms with Crippen molar-refractivity contribution in [2.24, 2.45) is 5.73 Å². The zero-order valence-electron chi connectivity index (χ0n) is 12.9. The number of benzene rings is 1. The summed E-state index contributed by atoms with van der Waals surface area (Å²) in [4.78, 5) is 25.3. The Kier molecular flexibility index (Phi) is 4.41. The van der Waals surface area contributed by atoms with Gasteiger partial charge in [-0.3, -0.25) is 14.7 Å². The number of H-pyrrole nitrogens is 1. The molecule has 0 aliphatic carbocycles. The van der Waals surface area contributed by atoms with Gasteiger partial charge in [-0.2, -0.15) is 5.10 Å². The summed E-state index contributed by atoms with van der Waals surface area (Å²) in [6.07, 6.45) is 3.87. The molecular formula is C17H20N4O2. The van der Waals surface area contributed by atoms with Crippen LogP contribution in [0.3, 0.4) is 0 Å². The van der Waals surface area contributed by atoms with Crippen molar-refractivity contribution < 1.29 is 9.59 Å². The van der Waals surface area contributed by atoms with Gasteiger partial charge in [0.25, 0.3) is 0 Å². The Morgan fingerprint density at radius 3 is 2.70 bits per heavy atom. The van der Waals surface area contributed by atoms with Gasteiger partial charge < -0.3 is 10.6 Å². The fourth-order valence-electron chi connectivity index (χ4n) is 2.98. The Morgan fingerprint density at radius 1 is 1.26 bits per heavy atom. The minimum Gasteiger partial charge on any atom is -0.366 e. The number of aryl methyl sites for hydroxylation is 1. The predicted octanol–water partition coefficient (Wildman–Crippen LogP) is 1.46. The summed E-state index contributed by atoms with van der Waals surface area (Å²) >= 11 is 0. The van der Waals surface area contributed by atoms with Crippen molar-refractivity contribution in [3.8, 4) is 0 Å². The van der Waals surface area contributed by atoms with Gasteiger partial charge in [-0.1, -0.05) is 12.1 Å². The molecule has 0 bridgehead atoms. The molecule has 3 rings (SSSR count). The van der Waals surface area contributed by atoms with Crippen molar-refractivity contribution in [2.45, 2.75) is 25.2 Å². The van der Waals surface area contributed by atoms with Crippen LogP contribution in [0.15, 0.2) is 36.5 Å². The fraction of sp³-hybridized carbons (Fsp3) is 0.353. The van der Waals surface area contributed by atoms with Gasteiger partial charge in [0.05, 0.1) is 0 Å². The highest BCUT2D eigenvalue weighted by molar-refractivity contribution is 5.92. The average Bonchev–Trinajstić information content (AvgIpc) is 3.23. The van der Waals surface area contributed by atoms with E-state index < -0.39 is 5.91 Å². The molecule has 2 amide bonds. The largest absolute Gasteiger partial charge is 0.366 e. The van der Waals surface area contributed by atoms with Crippen LogP contribution in [0.4, 0.5) is 0 Å². The van der Waals surface area contributed by atoms with Gasteiger partial charge in [0.15, 0.2) is 0 Å². The number of hydrogen-bond donors (Lipinski definition) is 2. The topological polar surface area (TPSA) is 92.1 Å². The summed E-state index contributed by atoms with van der Waals surface area (Å²) in [6.45, 7) is 1.55. The molecule has 0 spiro atoms. The third-order valence-corrected chi connectivity index (χ3v) is 4.37. The van der Waals surface area contributed by atoms with Crippen LogP contribution in [0, 0.1) is 0 Å². The average molecular weight is 312 g/mol. The molecule has 2 heterocycles. The van der Waals surface area contributed by atoms with Gasteiger partial charge >= 0.3 is 0 Å². The monoisotopic (exact) mass is 312 g/mol. The molecule has 1 saturated heterocycles. The van der Waals surface area contributed by atoms with Crippen molar-refractivity contribution in [2.75, 3.05) is 13.1 Å². The number of nitrogens with zero attached hydrogens (tertiary/aromatic N) is 2. The van der Waals surface area contributed by atoms with E-state index in [-0.39, 0.29) is 5.91 Å². The van der Waals surface area contributed by atoms with Crippen LogP contribution in [0.25, 0.3) is 0 Å². The van der Waals surface area contributed by atoms with E-state index in [0.717, 1.165) is 30.8 Å². The van der Waals surface area contributed by atoms with Crippen LogP contribution in [0.5, 0.6) is 0 Å². The molecule has 0 radical (unpaired) electrons. The quantitative estimate of drug-likeness (QED) is 0.875. The highest BCUT2D eigenvalue weighted by atomic mass is 16.2. The van der Waals surface area contributed by atoms with Gasteiger partial charge in [0.1, 0.15) is 0 Å². The van der Waals surface area contributed by atoms with Crippen LogP contribution in [0.2, 0.25) is 0 Å². The molecule has 1 fully saturated rings. The lowest BCUT2D eigenvalue weighted by molar-refractivity contribution is -0.130. The fourth-order valence-corrected chi connectivity index (χ4v) is 2.98. The zero-order chi connectivity index (χ0) is 16.2. The maximum Gasteiger partial charge on any atom is 0.248 e. The number of aromatic amines is 1. The van der Waals surface area contributed by atoms with Crippen LogP contribution in [0.1, 0.15) is 40.4 Å². The molecule has 6 nitrogen and oxygen atoms in total. The lowest BCUT2D eigenvalue weighted by Crippen LogP contribution is -2.28. The molecule has 1 aliphatic rings. The number of primary amides is 1.